The normalized spacial score (nSPS) is 11.1. The molecule has 0 aromatic rings. The molecule has 0 saturated carbocycles. The topological polar surface area (TPSA) is 63.5 Å². The Balaban J connectivity index is 4.03. The van der Waals surface area contributed by atoms with Gasteiger partial charge >= 0.3 is 0 Å². The van der Waals surface area contributed by atoms with Crippen LogP contribution in [0.25, 0.3) is 0 Å². The van der Waals surface area contributed by atoms with E-state index in [1.807, 2.05) is 0 Å². The number of nitro groups is 1. The van der Waals surface area contributed by atoms with E-state index in [9.17, 15) is 14.9 Å². The first kappa shape index (κ1) is 11.9. The minimum absolute atomic E-state index is 0.0741. The molecule has 1 amide bonds. The minimum Gasteiger partial charge on any atom is -0.349 e. The summed E-state index contributed by atoms with van der Waals surface area (Å²) in [5.74, 6) is -0.0741. The van der Waals surface area contributed by atoms with Crippen molar-refractivity contribution in [2.24, 2.45) is 0 Å². The third-order valence-electron chi connectivity index (χ3n) is 1.94. The van der Waals surface area contributed by atoms with E-state index in [-0.39, 0.29) is 23.7 Å². The Morgan fingerprint density at radius 2 is 1.92 bits per heavy atom. The number of nitrogens with zero attached hydrogens (tertiary/aromatic N) is 2. The number of hydrogen-bond acceptors (Lipinski definition) is 3. The summed E-state index contributed by atoms with van der Waals surface area (Å²) in [5.41, 5.74) is -1.01. The molecule has 0 spiro atoms. The Morgan fingerprint density at radius 3 is 2.23 bits per heavy atom. The van der Waals surface area contributed by atoms with Crippen molar-refractivity contribution in [3.63, 3.8) is 0 Å². The minimum atomic E-state index is -1.01. The van der Waals surface area contributed by atoms with Crippen LogP contribution in [0.15, 0.2) is 0 Å². The van der Waals surface area contributed by atoms with Crippen LogP contribution in [0.3, 0.4) is 0 Å². The predicted octanol–water partition coefficient (Wildman–Crippen LogP) is 0.910. The maximum absolute atomic E-state index is 11.1. The van der Waals surface area contributed by atoms with Crippen molar-refractivity contribution in [3.05, 3.63) is 10.1 Å². The van der Waals surface area contributed by atoms with Crippen molar-refractivity contribution < 1.29 is 9.72 Å². The van der Waals surface area contributed by atoms with Crippen molar-refractivity contribution >= 4 is 5.91 Å². The summed E-state index contributed by atoms with van der Waals surface area (Å²) < 4.78 is 0. The Morgan fingerprint density at radius 1 is 1.46 bits per heavy atom. The zero-order valence-corrected chi connectivity index (χ0v) is 8.53. The molecule has 0 rings (SSSR count). The lowest BCUT2D eigenvalue weighted by molar-refractivity contribution is -0.561. The van der Waals surface area contributed by atoms with E-state index in [1.54, 1.807) is 14.1 Å². The first-order valence-electron chi connectivity index (χ1n) is 4.12. The summed E-state index contributed by atoms with van der Waals surface area (Å²) in [6, 6.07) is 0. The summed E-state index contributed by atoms with van der Waals surface area (Å²) in [7, 11) is 3.28. The molecule has 0 aliphatic rings. The van der Waals surface area contributed by atoms with Crippen LogP contribution in [0.1, 0.15) is 26.7 Å². The van der Waals surface area contributed by atoms with Crippen LogP contribution in [0.5, 0.6) is 0 Å². The van der Waals surface area contributed by atoms with Crippen LogP contribution >= 0.6 is 0 Å². The lowest BCUT2D eigenvalue weighted by atomic mass is 9.99. The summed E-state index contributed by atoms with van der Waals surface area (Å²) in [6.07, 6.45) is 0.498. The molecule has 0 radical (unpaired) electrons. The Kier molecular flexibility index (Phi) is 3.84. The van der Waals surface area contributed by atoms with Gasteiger partial charge in [0.1, 0.15) is 0 Å². The van der Waals surface area contributed by atoms with Gasteiger partial charge in [-0.1, -0.05) is 0 Å². The molecule has 0 heterocycles. The van der Waals surface area contributed by atoms with E-state index < -0.39 is 5.54 Å². The number of carbonyl (C=O) groups is 1. The number of rotatable bonds is 4. The summed E-state index contributed by atoms with van der Waals surface area (Å²) >= 11 is 0. The van der Waals surface area contributed by atoms with Gasteiger partial charge in [0.05, 0.1) is 0 Å². The van der Waals surface area contributed by atoms with Crippen LogP contribution in [-0.2, 0) is 4.79 Å². The van der Waals surface area contributed by atoms with Crippen molar-refractivity contribution in [2.45, 2.75) is 32.2 Å². The van der Waals surface area contributed by atoms with E-state index in [0.717, 1.165) is 0 Å². The molecule has 0 aliphatic carbocycles. The Labute approximate surface area is 77.9 Å². The van der Waals surface area contributed by atoms with Gasteiger partial charge in [-0.05, 0) is 0 Å². The van der Waals surface area contributed by atoms with E-state index in [4.69, 9.17) is 0 Å². The molecule has 13 heavy (non-hydrogen) atoms. The van der Waals surface area contributed by atoms with Crippen molar-refractivity contribution in [2.75, 3.05) is 14.1 Å². The van der Waals surface area contributed by atoms with Crippen LogP contribution in [0.4, 0.5) is 0 Å². The average Bonchev–Trinajstić information content (AvgIpc) is 1.99. The summed E-state index contributed by atoms with van der Waals surface area (Å²) in [4.78, 5) is 22.7. The van der Waals surface area contributed by atoms with Gasteiger partial charge in [0.2, 0.25) is 11.4 Å². The van der Waals surface area contributed by atoms with E-state index >= 15 is 0 Å². The molecule has 0 bridgehead atoms. The molecule has 0 fully saturated rings. The smallest absolute Gasteiger partial charge is 0.222 e. The van der Waals surface area contributed by atoms with Crippen molar-refractivity contribution in [1.82, 2.24) is 4.90 Å². The molecular weight excluding hydrogens is 172 g/mol. The highest BCUT2D eigenvalue weighted by Crippen LogP contribution is 2.15. The van der Waals surface area contributed by atoms with Gasteiger partial charge in [0, 0.05) is 45.7 Å². The second-order valence-corrected chi connectivity index (χ2v) is 3.86. The Bertz CT molecular complexity index is 211. The maximum atomic E-state index is 11.1. The molecule has 5 heteroatoms. The van der Waals surface area contributed by atoms with Crippen molar-refractivity contribution in [3.8, 4) is 0 Å². The number of carbonyl (C=O) groups excluding carboxylic acids is 1. The first-order chi connectivity index (χ1) is 5.77. The maximum Gasteiger partial charge on any atom is 0.222 e. The fourth-order valence-electron chi connectivity index (χ4n) is 0.728. The van der Waals surface area contributed by atoms with Gasteiger partial charge in [-0.2, -0.15) is 0 Å². The SMILES string of the molecule is CN(C)C(=O)CCC(C)(C)[N+](=O)[O-]. The molecule has 0 N–H and O–H groups in total. The fourth-order valence-corrected chi connectivity index (χ4v) is 0.728. The van der Waals surface area contributed by atoms with Gasteiger partial charge in [0.15, 0.2) is 0 Å². The van der Waals surface area contributed by atoms with Crippen LogP contribution in [0.2, 0.25) is 0 Å². The van der Waals surface area contributed by atoms with Gasteiger partial charge in [-0.3, -0.25) is 14.9 Å². The van der Waals surface area contributed by atoms with Gasteiger partial charge in [0.25, 0.3) is 0 Å². The molecule has 0 saturated heterocycles. The van der Waals surface area contributed by atoms with Gasteiger partial charge in [-0.15, -0.1) is 0 Å². The van der Waals surface area contributed by atoms with Crippen LogP contribution in [0, 0.1) is 10.1 Å². The molecule has 0 unspecified atom stereocenters. The average molecular weight is 188 g/mol. The first-order valence-corrected chi connectivity index (χ1v) is 4.12. The van der Waals surface area contributed by atoms with Crippen LogP contribution in [-0.4, -0.2) is 35.4 Å². The second kappa shape index (κ2) is 4.20. The molecule has 0 atom stereocenters. The lowest BCUT2D eigenvalue weighted by Gasteiger charge is -2.16. The van der Waals surface area contributed by atoms with Crippen molar-refractivity contribution in [1.29, 1.82) is 0 Å². The quantitative estimate of drug-likeness (QED) is 0.486. The highest BCUT2D eigenvalue weighted by Gasteiger charge is 2.31. The summed E-state index contributed by atoms with van der Waals surface area (Å²) in [5, 5.41) is 10.5. The molecule has 0 aromatic heterocycles. The standard InChI is InChI=1S/C8H16N2O3/c1-8(2,10(12)13)6-5-7(11)9(3)4/h5-6H2,1-4H3. The number of amides is 1. The highest BCUT2D eigenvalue weighted by atomic mass is 16.6. The van der Waals surface area contributed by atoms with Gasteiger partial charge < -0.3 is 4.90 Å². The number of hydrogen-bond donors (Lipinski definition) is 0. The highest BCUT2D eigenvalue weighted by molar-refractivity contribution is 5.75. The lowest BCUT2D eigenvalue weighted by Crippen LogP contribution is -2.33. The van der Waals surface area contributed by atoms with Crippen LogP contribution < -0.4 is 0 Å². The van der Waals surface area contributed by atoms with E-state index in [0.29, 0.717) is 0 Å². The Hall–Kier alpha value is -1.13. The molecular formula is C8H16N2O3. The molecule has 0 aliphatic heterocycles. The third-order valence-corrected chi connectivity index (χ3v) is 1.94. The third kappa shape index (κ3) is 3.87. The molecule has 76 valence electrons. The molecule has 5 nitrogen and oxygen atoms in total. The predicted molar refractivity (Wildman–Crippen MR) is 49.0 cm³/mol. The van der Waals surface area contributed by atoms with E-state index in [2.05, 4.69) is 0 Å². The molecule has 0 aromatic carbocycles. The van der Waals surface area contributed by atoms with E-state index in [1.165, 1.54) is 18.7 Å². The fraction of sp³-hybridized carbons (Fsp3) is 0.875. The monoisotopic (exact) mass is 188 g/mol. The summed E-state index contributed by atoms with van der Waals surface area (Å²) in [6.45, 7) is 3.05. The largest absolute Gasteiger partial charge is 0.349 e. The zero-order valence-electron chi connectivity index (χ0n) is 8.53. The zero-order chi connectivity index (χ0) is 10.6. The second-order valence-electron chi connectivity index (χ2n) is 3.86. The van der Waals surface area contributed by atoms with Gasteiger partial charge in [-0.25, -0.2) is 0 Å².